The highest BCUT2D eigenvalue weighted by molar-refractivity contribution is 5.99. The van der Waals surface area contributed by atoms with Crippen molar-refractivity contribution >= 4 is 11.8 Å². The molecule has 1 aromatic carbocycles. The van der Waals surface area contributed by atoms with E-state index in [1.165, 1.54) is 12.1 Å². The molecule has 0 bridgehead atoms. The first-order valence-electron chi connectivity index (χ1n) is 10.8. The minimum atomic E-state index is -0.476. The highest BCUT2D eigenvalue weighted by atomic mass is 19.1. The van der Waals surface area contributed by atoms with Crippen LogP contribution in [0.1, 0.15) is 48.4 Å². The Bertz CT molecular complexity index is 932. The summed E-state index contributed by atoms with van der Waals surface area (Å²) in [6.07, 6.45) is 1.70. The smallest absolute Gasteiger partial charge is 0.323 e. The molecule has 0 amide bonds. The number of hydrogen-bond acceptors (Lipinski definition) is 5. The van der Waals surface area contributed by atoms with E-state index in [4.69, 9.17) is 9.47 Å². The molecule has 1 saturated heterocycles. The highest BCUT2D eigenvalue weighted by Gasteiger charge is 2.28. The van der Waals surface area contributed by atoms with Crippen LogP contribution in [0.15, 0.2) is 30.3 Å². The zero-order chi connectivity index (χ0) is 22.5. The van der Waals surface area contributed by atoms with Crippen molar-refractivity contribution in [3.63, 3.8) is 0 Å². The topological polar surface area (TPSA) is 69.6 Å². The molecule has 0 radical (unpaired) electrons. The third-order valence-corrected chi connectivity index (χ3v) is 5.70. The van der Waals surface area contributed by atoms with E-state index < -0.39 is 12.0 Å². The summed E-state index contributed by atoms with van der Waals surface area (Å²) in [7, 11) is 0. The normalized spacial score (nSPS) is 15.8. The van der Waals surface area contributed by atoms with Crippen LogP contribution in [-0.4, -0.2) is 48.2 Å². The number of ether oxygens (including phenoxy) is 2. The van der Waals surface area contributed by atoms with Crippen molar-refractivity contribution in [1.29, 1.82) is 0 Å². The van der Waals surface area contributed by atoms with Gasteiger partial charge in [-0.1, -0.05) is 19.9 Å². The molecule has 7 heteroatoms. The Morgan fingerprint density at radius 1 is 1.23 bits per heavy atom. The van der Waals surface area contributed by atoms with Gasteiger partial charge in [-0.3, -0.25) is 9.59 Å². The van der Waals surface area contributed by atoms with Crippen molar-refractivity contribution in [2.45, 2.75) is 52.6 Å². The summed E-state index contributed by atoms with van der Waals surface area (Å²) in [5, 5.41) is 3.36. The Balaban J connectivity index is 1.67. The highest BCUT2D eigenvalue weighted by Crippen LogP contribution is 2.22. The molecule has 0 aliphatic carbocycles. The molecule has 0 spiro atoms. The van der Waals surface area contributed by atoms with Gasteiger partial charge < -0.3 is 19.4 Å². The van der Waals surface area contributed by atoms with Gasteiger partial charge in [-0.05, 0) is 56.9 Å². The Morgan fingerprint density at radius 2 is 1.94 bits per heavy atom. The number of hydrogen-bond donors (Lipinski definition) is 1. The van der Waals surface area contributed by atoms with Gasteiger partial charge in [-0.2, -0.15) is 0 Å². The van der Waals surface area contributed by atoms with Gasteiger partial charge in [0, 0.05) is 41.9 Å². The molecule has 0 saturated carbocycles. The van der Waals surface area contributed by atoms with Crippen LogP contribution >= 0.6 is 0 Å². The molecule has 0 unspecified atom stereocenters. The van der Waals surface area contributed by atoms with Crippen LogP contribution in [0.25, 0.3) is 5.69 Å². The van der Waals surface area contributed by atoms with Crippen molar-refractivity contribution in [3.8, 4) is 5.69 Å². The van der Waals surface area contributed by atoms with E-state index in [9.17, 15) is 14.0 Å². The summed E-state index contributed by atoms with van der Waals surface area (Å²) >= 11 is 0. The molecule has 6 nitrogen and oxygen atoms in total. The molecule has 1 fully saturated rings. The lowest BCUT2D eigenvalue weighted by molar-refractivity contribution is -0.146. The van der Waals surface area contributed by atoms with Crippen molar-refractivity contribution in [1.82, 2.24) is 9.88 Å². The van der Waals surface area contributed by atoms with Gasteiger partial charge >= 0.3 is 5.97 Å². The van der Waals surface area contributed by atoms with Gasteiger partial charge in [-0.15, -0.1) is 0 Å². The summed E-state index contributed by atoms with van der Waals surface area (Å²) in [5.74, 6) is -1.02. The molecule has 2 aromatic rings. The van der Waals surface area contributed by atoms with Crippen LogP contribution in [0.3, 0.4) is 0 Å². The summed E-state index contributed by atoms with van der Waals surface area (Å²) < 4.78 is 26.2. The summed E-state index contributed by atoms with van der Waals surface area (Å²) in [6.45, 7) is 8.59. The standard InChI is InChI=1S/C24H31FN2O4/c1-15(2)23(26-19-8-10-30-11-9-19)24(29)31-14-22(28)21-12-16(3)27(17(21)4)20-7-5-6-18(25)13-20/h5-7,12-13,15,19,23,26H,8-11,14H2,1-4H3/t23-/m0/s1. The maximum atomic E-state index is 13.6. The van der Waals surface area contributed by atoms with E-state index in [0.717, 1.165) is 18.5 Å². The molecule has 31 heavy (non-hydrogen) atoms. The van der Waals surface area contributed by atoms with E-state index in [2.05, 4.69) is 5.32 Å². The summed E-state index contributed by atoms with van der Waals surface area (Å²) in [5.41, 5.74) is 2.60. The van der Waals surface area contributed by atoms with Crippen LogP contribution in [0, 0.1) is 25.6 Å². The van der Waals surface area contributed by atoms with E-state index >= 15 is 0 Å². The van der Waals surface area contributed by atoms with Crippen molar-refractivity contribution in [2.75, 3.05) is 19.8 Å². The van der Waals surface area contributed by atoms with Gasteiger partial charge in [0.1, 0.15) is 11.9 Å². The fourth-order valence-corrected chi connectivity index (χ4v) is 4.01. The number of carbonyl (C=O) groups is 2. The Morgan fingerprint density at radius 3 is 2.58 bits per heavy atom. The summed E-state index contributed by atoms with van der Waals surface area (Å²) in [6, 6.07) is 7.69. The molecule has 1 aliphatic rings. The SMILES string of the molecule is Cc1cc(C(=O)COC(=O)[C@@H](NC2CCOCC2)C(C)C)c(C)n1-c1cccc(F)c1. The number of nitrogens with zero attached hydrogens (tertiary/aromatic N) is 1. The molecule has 1 atom stereocenters. The van der Waals surface area contributed by atoms with E-state index in [0.29, 0.717) is 30.2 Å². The largest absolute Gasteiger partial charge is 0.456 e. The number of aryl methyl sites for hydroxylation is 1. The van der Waals surface area contributed by atoms with Gasteiger partial charge in [0.05, 0.1) is 0 Å². The minimum Gasteiger partial charge on any atom is -0.456 e. The van der Waals surface area contributed by atoms with Gasteiger partial charge in [0.2, 0.25) is 5.78 Å². The van der Waals surface area contributed by atoms with Crippen LogP contribution < -0.4 is 5.32 Å². The van der Waals surface area contributed by atoms with Crippen molar-refractivity contribution in [2.24, 2.45) is 5.92 Å². The van der Waals surface area contributed by atoms with Crippen LogP contribution in [0.4, 0.5) is 4.39 Å². The first kappa shape index (κ1) is 23.2. The Hall–Kier alpha value is -2.51. The monoisotopic (exact) mass is 430 g/mol. The average molecular weight is 431 g/mol. The lowest BCUT2D eigenvalue weighted by Crippen LogP contribution is -2.49. The summed E-state index contributed by atoms with van der Waals surface area (Å²) in [4.78, 5) is 25.5. The maximum absolute atomic E-state index is 13.6. The minimum absolute atomic E-state index is 0.0310. The van der Waals surface area contributed by atoms with Gasteiger partial charge in [-0.25, -0.2) is 4.39 Å². The second-order valence-electron chi connectivity index (χ2n) is 8.41. The fourth-order valence-electron chi connectivity index (χ4n) is 4.01. The number of halogens is 1. The number of benzene rings is 1. The van der Waals surface area contributed by atoms with Crippen LogP contribution in [0.2, 0.25) is 0 Å². The number of Topliss-reactive ketones (excluding diaryl/α,β-unsaturated/α-hetero) is 1. The van der Waals surface area contributed by atoms with Crippen LogP contribution in [-0.2, 0) is 14.3 Å². The maximum Gasteiger partial charge on any atom is 0.323 e. The molecule has 1 aromatic heterocycles. The lowest BCUT2D eigenvalue weighted by Gasteiger charge is -2.29. The lowest BCUT2D eigenvalue weighted by atomic mass is 10.0. The number of rotatable bonds is 8. The molecule has 1 aliphatic heterocycles. The molecule has 3 rings (SSSR count). The van der Waals surface area contributed by atoms with Crippen LogP contribution in [0.5, 0.6) is 0 Å². The fraction of sp³-hybridized carbons (Fsp3) is 0.500. The first-order chi connectivity index (χ1) is 14.8. The predicted molar refractivity (Wildman–Crippen MR) is 116 cm³/mol. The molecule has 1 N–H and O–H groups in total. The number of ketones is 1. The number of carbonyl (C=O) groups excluding carboxylic acids is 2. The second kappa shape index (κ2) is 10.2. The quantitative estimate of drug-likeness (QED) is 0.510. The molecule has 2 heterocycles. The second-order valence-corrected chi connectivity index (χ2v) is 8.41. The number of aromatic nitrogens is 1. The number of esters is 1. The predicted octanol–water partition coefficient (Wildman–Crippen LogP) is 3.75. The zero-order valence-corrected chi connectivity index (χ0v) is 18.6. The van der Waals surface area contributed by atoms with Crippen molar-refractivity contribution < 1.29 is 23.5 Å². The average Bonchev–Trinajstić information content (AvgIpc) is 3.04. The third-order valence-electron chi connectivity index (χ3n) is 5.70. The van der Waals surface area contributed by atoms with Gasteiger partial charge in [0.25, 0.3) is 0 Å². The Labute approximate surface area is 182 Å². The van der Waals surface area contributed by atoms with E-state index in [1.54, 1.807) is 25.1 Å². The molecular formula is C24H31FN2O4. The zero-order valence-electron chi connectivity index (χ0n) is 18.6. The Kier molecular flexibility index (Phi) is 7.62. The molecule has 168 valence electrons. The first-order valence-corrected chi connectivity index (χ1v) is 10.8. The number of nitrogens with one attached hydrogen (secondary N) is 1. The van der Waals surface area contributed by atoms with E-state index in [-0.39, 0.29) is 30.2 Å². The van der Waals surface area contributed by atoms with Crippen molar-refractivity contribution in [3.05, 3.63) is 53.1 Å². The van der Waals surface area contributed by atoms with E-state index in [1.807, 2.05) is 25.3 Å². The third kappa shape index (κ3) is 5.60. The molecular weight excluding hydrogens is 399 g/mol. The van der Waals surface area contributed by atoms with Gasteiger partial charge in [0.15, 0.2) is 6.61 Å².